The molecule has 16 heavy (non-hydrogen) atoms. The Bertz CT molecular complexity index is 239. The van der Waals surface area contributed by atoms with Gasteiger partial charge < -0.3 is 20.1 Å². The summed E-state index contributed by atoms with van der Waals surface area (Å²) in [5.74, 6) is 0. The first kappa shape index (κ1) is 11.7. The average Bonchev–Trinajstić information content (AvgIpc) is 2.68. The molecule has 2 aliphatic rings. The van der Waals surface area contributed by atoms with E-state index >= 15 is 0 Å². The van der Waals surface area contributed by atoms with Crippen molar-refractivity contribution in [2.24, 2.45) is 5.73 Å². The third-order valence-corrected chi connectivity index (χ3v) is 3.28. The molecule has 0 unspecified atom stereocenters. The molecule has 92 valence electrons. The maximum Gasteiger partial charge on any atom is 0.410 e. The molecule has 0 radical (unpaired) electrons. The summed E-state index contributed by atoms with van der Waals surface area (Å²) in [4.78, 5) is 12.8. The lowest BCUT2D eigenvalue weighted by molar-refractivity contribution is 0.0182. The molecule has 0 bridgehead atoms. The van der Waals surface area contributed by atoms with Crippen LogP contribution in [0.15, 0.2) is 0 Å². The van der Waals surface area contributed by atoms with E-state index in [1.165, 1.54) is 0 Å². The van der Waals surface area contributed by atoms with Gasteiger partial charge in [-0.25, -0.2) is 4.79 Å². The molecular formula is C11H20N2O3. The van der Waals surface area contributed by atoms with E-state index in [-0.39, 0.29) is 6.09 Å². The van der Waals surface area contributed by atoms with Gasteiger partial charge in [-0.15, -0.1) is 0 Å². The number of amides is 1. The molecule has 2 N–H and O–H groups in total. The van der Waals surface area contributed by atoms with Crippen LogP contribution in [0.5, 0.6) is 0 Å². The Kier molecular flexibility index (Phi) is 4.01. The zero-order valence-electron chi connectivity index (χ0n) is 9.56. The molecule has 5 heteroatoms. The second-order valence-electron chi connectivity index (χ2n) is 4.51. The highest BCUT2D eigenvalue weighted by molar-refractivity contribution is 5.69. The largest absolute Gasteiger partial charge is 0.448 e. The molecule has 1 saturated heterocycles. The summed E-state index contributed by atoms with van der Waals surface area (Å²) in [5.41, 5.74) is 5.82. The van der Waals surface area contributed by atoms with Gasteiger partial charge in [0.15, 0.2) is 0 Å². The van der Waals surface area contributed by atoms with Gasteiger partial charge in [0.2, 0.25) is 0 Å². The van der Waals surface area contributed by atoms with Crippen LogP contribution in [0.1, 0.15) is 25.7 Å². The molecule has 1 amide bonds. The minimum Gasteiger partial charge on any atom is -0.448 e. The van der Waals surface area contributed by atoms with E-state index in [0.29, 0.717) is 38.4 Å². The van der Waals surface area contributed by atoms with Crippen LogP contribution >= 0.6 is 0 Å². The molecule has 2 rings (SSSR count). The van der Waals surface area contributed by atoms with E-state index in [4.69, 9.17) is 15.2 Å². The Balaban J connectivity index is 1.59. The van der Waals surface area contributed by atoms with Gasteiger partial charge in [0.05, 0.1) is 19.3 Å². The van der Waals surface area contributed by atoms with Gasteiger partial charge in [0.25, 0.3) is 0 Å². The summed E-state index contributed by atoms with van der Waals surface area (Å²) < 4.78 is 10.6. The Labute approximate surface area is 95.9 Å². The average molecular weight is 228 g/mol. The molecule has 1 saturated carbocycles. The van der Waals surface area contributed by atoms with Gasteiger partial charge >= 0.3 is 6.09 Å². The van der Waals surface area contributed by atoms with Crippen LogP contribution in [-0.4, -0.2) is 49.4 Å². The van der Waals surface area contributed by atoms with Gasteiger partial charge in [0.1, 0.15) is 6.61 Å². The third kappa shape index (κ3) is 3.09. The fourth-order valence-corrected chi connectivity index (χ4v) is 2.21. The molecule has 1 aliphatic carbocycles. The molecule has 0 aromatic rings. The normalized spacial score (nSPS) is 30.6. The first-order chi connectivity index (χ1) is 7.75. The van der Waals surface area contributed by atoms with Crippen LogP contribution < -0.4 is 5.73 Å². The Morgan fingerprint density at radius 2 is 2.12 bits per heavy atom. The standard InChI is InChI=1S/C11H20N2O3/c12-9-1-3-10(4-2-9)15-7-5-13-6-8-16-11(13)14/h9-10H,1-8,12H2. The highest BCUT2D eigenvalue weighted by atomic mass is 16.6. The molecule has 5 nitrogen and oxygen atoms in total. The van der Waals surface area contributed by atoms with Crippen LogP contribution in [0, 0.1) is 0 Å². The number of ether oxygens (including phenoxy) is 2. The highest BCUT2D eigenvalue weighted by Crippen LogP contribution is 2.19. The van der Waals surface area contributed by atoms with Gasteiger partial charge in [-0.2, -0.15) is 0 Å². The predicted octanol–water partition coefficient (Wildman–Crippen LogP) is 0.725. The van der Waals surface area contributed by atoms with E-state index in [9.17, 15) is 4.79 Å². The summed E-state index contributed by atoms with van der Waals surface area (Å²) in [5, 5.41) is 0. The van der Waals surface area contributed by atoms with Crippen molar-refractivity contribution >= 4 is 6.09 Å². The van der Waals surface area contributed by atoms with Gasteiger partial charge in [-0.3, -0.25) is 0 Å². The van der Waals surface area contributed by atoms with Crippen molar-refractivity contribution in [1.82, 2.24) is 4.90 Å². The molecule has 0 spiro atoms. The summed E-state index contributed by atoms with van der Waals surface area (Å²) >= 11 is 0. The van der Waals surface area contributed by atoms with Gasteiger partial charge in [0, 0.05) is 12.6 Å². The van der Waals surface area contributed by atoms with E-state index in [0.717, 1.165) is 25.7 Å². The van der Waals surface area contributed by atoms with Crippen molar-refractivity contribution in [3.05, 3.63) is 0 Å². The molecule has 0 atom stereocenters. The lowest BCUT2D eigenvalue weighted by Gasteiger charge is -2.26. The zero-order valence-corrected chi connectivity index (χ0v) is 9.56. The van der Waals surface area contributed by atoms with Crippen molar-refractivity contribution in [3.63, 3.8) is 0 Å². The number of nitrogens with zero attached hydrogens (tertiary/aromatic N) is 1. The van der Waals surface area contributed by atoms with E-state index in [1.807, 2.05) is 0 Å². The molecule has 0 aromatic heterocycles. The number of nitrogens with two attached hydrogens (primary N) is 1. The maximum absolute atomic E-state index is 11.1. The Hall–Kier alpha value is -0.810. The number of hydrogen-bond acceptors (Lipinski definition) is 4. The minimum atomic E-state index is -0.214. The molecule has 0 aromatic carbocycles. The van der Waals surface area contributed by atoms with Crippen LogP contribution in [0.4, 0.5) is 4.79 Å². The second kappa shape index (κ2) is 5.50. The number of rotatable bonds is 4. The SMILES string of the molecule is NC1CCC(OCCN2CCOC2=O)CC1. The van der Waals surface area contributed by atoms with E-state index < -0.39 is 0 Å². The Morgan fingerprint density at radius 1 is 1.38 bits per heavy atom. The van der Waals surface area contributed by atoms with Crippen LogP contribution in [0.2, 0.25) is 0 Å². The van der Waals surface area contributed by atoms with Crippen molar-refractivity contribution in [2.75, 3.05) is 26.3 Å². The fraction of sp³-hybridized carbons (Fsp3) is 0.909. The lowest BCUT2D eigenvalue weighted by Crippen LogP contribution is -2.33. The first-order valence-corrected chi connectivity index (χ1v) is 6.04. The fourth-order valence-electron chi connectivity index (χ4n) is 2.21. The number of carbonyl (C=O) groups excluding carboxylic acids is 1. The maximum atomic E-state index is 11.1. The zero-order chi connectivity index (χ0) is 11.4. The van der Waals surface area contributed by atoms with Crippen LogP contribution in [0.3, 0.4) is 0 Å². The number of cyclic esters (lactones) is 1. The van der Waals surface area contributed by atoms with Gasteiger partial charge in [-0.1, -0.05) is 0 Å². The topological polar surface area (TPSA) is 64.8 Å². The molecule has 1 heterocycles. The van der Waals surface area contributed by atoms with Gasteiger partial charge in [-0.05, 0) is 25.7 Å². The highest BCUT2D eigenvalue weighted by Gasteiger charge is 2.23. The molecular weight excluding hydrogens is 208 g/mol. The predicted molar refractivity (Wildman–Crippen MR) is 59.1 cm³/mol. The number of hydrogen-bond donors (Lipinski definition) is 1. The summed E-state index contributed by atoms with van der Waals surface area (Å²) in [6.45, 7) is 2.45. The van der Waals surface area contributed by atoms with E-state index in [1.54, 1.807) is 4.90 Å². The van der Waals surface area contributed by atoms with Crippen molar-refractivity contribution in [3.8, 4) is 0 Å². The lowest BCUT2D eigenvalue weighted by atomic mass is 9.94. The smallest absolute Gasteiger partial charge is 0.410 e. The quantitative estimate of drug-likeness (QED) is 0.770. The monoisotopic (exact) mass is 228 g/mol. The summed E-state index contributed by atoms with van der Waals surface area (Å²) in [7, 11) is 0. The first-order valence-electron chi connectivity index (χ1n) is 6.04. The summed E-state index contributed by atoms with van der Waals surface area (Å²) in [6, 6.07) is 0.355. The second-order valence-corrected chi connectivity index (χ2v) is 4.51. The summed E-state index contributed by atoms with van der Waals surface area (Å²) in [6.07, 6.45) is 4.32. The molecule has 2 fully saturated rings. The van der Waals surface area contributed by atoms with Crippen LogP contribution in [0.25, 0.3) is 0 Å². The Morgan fingerprint density at radius 3 is 2.75 bits per heavy atom. The molecule has 1 aliphatic heterocycles. The van der Waals surface area contributed by atoms with Crippen molar-refractivity contribution in [2.45, 2.75) is 37.8 Å². The van der Waals surface area contributed by atoms with E-state index in [2.05, 4.69) is 0 Å². The number of carbonyl (C=O) groups is 1. The van der Waals surface area contributed by atoms with Crippen molar-refractivity contribution in [1.29, 1.82) is 0 Å². The van der Waals surface area contributed by atoms with Crippen LogP contribution in [-0.2, 0) is 9.47 Å². The van der Waals surface area contributed by atoms with Crippen molar-refractivity contribution < 1.29 is 14.3 Å². The minimum absolute atomic E-state index is 0.214. The third-order valence-electron chi connectivity index (χ3n) is 3.28.